The highest BCUT2D eigenvalue weighted by molar-refractivity contribution is 6.19. The van der Waals surface area contributed by atoms with Crippen LogP contribution in [0, 0.1) is 0 Å². The number of rotatable bonds is 2. The second kappa shape index (κ2) is 4.72. The molecule has 18 heavy (non-hydrogen) atoms. The highest BCUT2D eigenvalue weighted by Crippen LogP contribution is 2.32. The zero-order valence-electron chi connectivity index (χ0n) is 9.51. The Morgan fingerprint density at radius 1 is 1.28 bits per heavy atom. The van der Waals surface area contributed by atoms with Crippen molar-refractivity contribution in [2.45, 2.75) is 19.3 Å². The molecule has 98 valence electrons. The number of hydrogen-bond acceptors (Lipinski definition) is 2. The molecule has 0 amide bonds. The third kappa shape index (κ3) is 2.56. The van der Waals surface area contributed by atoms with Crippen LogP contribution in [0.1, 0.15) is 24.3 Å². The molecule has 0 spiro atoms. The van der Waals surface area contributed by atoms with Gasteiger partial charge in [0.2, 0.25) is 0 Å². The molecule has 1 aromatic carbocycles. The van der Waals surface area contributed by atoms with Gasteiger partial charge in [-0.1, -0.05) is 12.1 Å². The average molecular weight is 278 g/mol. The molecule has 0 saturated heterocycles. The Hall–Kier alpha value is -1.36. The number of benzene rings is 1. The lowest BCUT2D eigenvalue weighted by Gasteiger charge is -2.14. The first-order valence-electron chi connectivity index (χ1n) is 5.28. The maximum Gasteiger partial charge on any atom is 0.416 e. The number of halogens is 4. The predicted molar refractivity (Wildman–Crippen MR) is 61.8 cm³/mol. The van der Waals surface area contributed by atoms with Gasteiger partial charge < -0.3 is 10.1 Å². The number of allylic oxidation sites excluding steroid dienone is 2. The minimum absolute atomic E-state index is 0.281. The van der Waals surface area contributed by atoms with Crippen molar-refractivity contribution >= 4 is 11.6 Å². The van der Waals surface area contributed by atoms with Crippen LogP contribution in [0.4, 0.5) is 13.2 Å². The van der Waals surface area contributed by atoms with Gasteiger partial charge in [0.05, 0.1) is 17.1 Å². The van der Waals surface area contributed by atoms with Gasteiger partial charge >= 0.3 is 6.18 Å². The van der Waals surface area contributed by atoms with E-state index in [1.54, 1.807) is 6.92 Å². The van der Waals surface area contributed by atoms with Crippen LogP contribution in [0.25, 0.3) is 0 Å². The third-order valence-electron chi connectivity index (χ3n) is 2.70. The van der Waals surface area contributed by atoms with Crippen LogP contribution in [0.2, 0.25) is 0 Å². The Morgan fingerprint density at radius 3 is 2.33 bits per heavy atom. The van der Waals surface area contributed by atoms with Gasteiger partial charge in [0.15, 0.2) is 6.23 Å². The Kier molecular flexibility index (Phi) is 3.43. The number of ether oxygens (including phenoxy) is 1. The maximum atomic E-state index is 12.4. The van der Waals surface area contributed by atoms with Gasteiger partial charge in [-0.2, -0.15) is 13.2 Å². The zero-order chi connectivity index (χ0) is 13.3. The lowest BCUT2D eigenvalue weighted by molar-refractivity contribution is -0.137. The molecule has 1 aliphatic heterocycles. The molecule has 1 heterocycles. The lowest BCUT2D eigenvalue weighted by Crippen LogP contribution is -2.16. The number of nitrogens with one attached hydrogen (secondary N) is 1. The molecule has 0 aromatic heterocycles. The van der Waals surface area contributed by atoms with Gasteiger partial charge in [-0.15, -0.1) is 11.6 Å². The van der Waals surface area contributed by atoms with Crippen LogP contribution >= 0.6 is 11.6 Å². The highest BCUT2D eigenvalue weighted by Gasteiger charge is 2.31. The van der Waals surface area contributed by atoms with Crippen molar-refractivity contribution in [1.82, 2.24) is 5.32 Å². The summed E-state index contributed by atoms with van der Waals surface area (Å²) in [7, 11) is 0. The molecule has 1 aromatic rings. The van der Waals surface area contributed by atoms with Crippen molar-refractivity contribution < 1.29 is 17.9 Å². The summed E-state index contributed by atoms with van der Waals surface area (Å²) in [6.07, 6.45) is -4.79. The fourth-order valence-electron chi connectivity index (χ4n) is 1.67. The molecule has 1 atom stereocenters. The molecular formula is C12H11ClF3NO. The quantitative estimate of drug-likeness (QED) is 0.831. The normalized spacial score (nSPS) is 19.7. The molecular weight excluding hydrogens is 267 g/mol. The van der Waals surface area contributed by atoms with Crippen molar-refractivity contribution in [2.75, 3.05) is 5.88 Å². The molecule has 6 heteroatoms. The van der Waals surface area contributed by atoms with Crippen molar-refractivity contribution in [3.8, 4) is 0 Å². The molecule has 1 N–H and O–H groups in total. The SMILES string of the molecule is CC1=C(CCl)NC(c2ccc(C(F)(F)F)cc2)O1. The molecule has 2 nitrogen and oxygen atoms in total. The summed E-state index contributed by atoms with van der Waals surface area (Å²) >= 11 is 5.69. The third-order valence-corrected chi connectivity index (χ3v) is 2.97. The van der Waals surface area contributed by atoms with Crippen LogP contribution in [0.5, 0.6) is 0 Å². The van der Waals surface area contributed by atoms with Crippen LogP contribution in [-0.4, -0.2) is 5.88 Å². The van der Waals surface area contributed by atoms with Gasteiger partial charge in [0, 0.05) is 5.56 Å². The van der Waals surface area contributed by atoms with E-state index in [-0.39, 0.29) is 5.88 Å². The van der Waals surface area contributed by atoms with Gasteiger partial charge in [-0.3, -0.25) is 0 Å². The van der Waals surface area contributed by atoms with E-state index >= 15 is 0 Å². The fraction of sp³-hybridized carbons (Fsp3) is 0.333. The molecule has 0 saturated carbocycles. The van der Waals surface area contributed by atoms with Crippen LogP contribution in [-0.2, 0) is 10.9 Å². The molecule has 0 bridgehead atoms. The van der Waals surface area contributed by atoms with E-state index in [0.29, 0.717) is 11.3 Å². The number of hydrogen-bond donors (Lipinski definition) is 1. The zero-order valence-corrected chi connectivity index (χ0v) is 10.3. The minimum Gasteiger partial charge on any atom is -0.469 e. The van der Waals surface area contributed by atoms with E-state index in [9.17, 15) is 13.2 Å². The molecule has 2 rings (SSSR count). The standard InChI is InChI=1S/C12H11ClF3NO/c1-7-10(6-13)17-11(18-7)8-2-4-9(5-3-8)12(14,15)16/h2-5,11,17H,6H2,1H3. The Balaban J connectivity index is 2.13. The monoisotopic (exact) mass is 277 g/mol. The van der Waals surface area contributed by atoms with E-state index in [1.165, 1.54) is 12.1 Å². The summed E-state index contributed by atoms with van der Waals surface area (Å²) < 4.78 is 42.7. The summed E-state index contributed by atoms with van der Waals surface area (Å²) in [6, 6.07) is 4.86. The second-order valence-electron chi connectivity index (χ2n) is 3.93. The van der Waals surface area contributed by atoms with Crippen LogP contribution in [0.3, 0.4) is 0 Å². The maximum absolute atomic E-state index is 12.4. The largest absolute Gasteiger partial charge is 0.469 e. The van der Waals surface area contributed by atoms with Gasteiger partial charge in [-0.25, -0.2) is 0 Å². The van der Waals surface area contributed by atoms with E-state index < -0.39 is 18.0 Å². The number of alkyl halides is 4. The smallest absolute Gasteiger partial charge is 0.416 e. The minimum atomic E-state index is -4.32. The van der Waals surface area contributed by atoms with E-state index in [2.05, 4.69) is 5.32 Å². The summed E-state index contributed by atoms with van der Waals surface area (Å²) in [5, 5.41) is 3.01. The van der Waals surface area contributed by atoms with Gasteiger partial charge in [0.1, 0.15) is 5.76 Å². The first kappa shape index (κ1) is 13.1. The van der Waals surface area contributed by atoms with Crippen LogP contribution in [0.15, 0.2) is 35.7 Å². The summed E-state index contributed by atoms with van der Waals surface area (Å²) in [6.45, 7) is 1.76. The van der Waals surface area contributed by atoms with Crippen molar-refractivity contribution in [3.63, 3.8) is 0 Å². The van der Waals surface area contributed by atoms with Crippen molar-refractivity contribution in [2.24, 2.45) is 0 Å². The van der Waals surface area contributed by atoms with E-state index in [1.807, 2.05) is 0 Å². The summed E-state index contributed by atoms with van der Waals surface area (Å²) in [4.78, 5) is 0. The molecule has 0 aliphatic carbocycles. The molecule has 0 radical (unpaired) electrons. The van der Waals surface area contributed by atoms with E-state index in [4.69, 9.17) is 16.3 Å². The predicted octanol–water partition coefficient (Wildman–Crippen LogP) is 3.79. The van der Waals surface area contributed by atoms with E-state index in [0.717, 1.165) is 17.8 Å². The first-order chi connectivity index (χ1) is 8.41. The van der Waals surface area contributed by atoms with Crippen molar-refractivity contribution in [3.05, 3.63) is 46.8 Å². The van der Waals surface area contributed by atoms with Crippen molar-refractivity contribution in [1.29, 1.82) is 0 Å². The highest BCUT2D eigenvalue weighted by atomic mass is 35.5. The molecule has 0 fully saturated rings. The average Bonchev–Trinajstić information content (AvgIpc) is 2.69. The first-order valence-corrected chi connectivity index (χ1v) is 5.81. The topological polar surface area (TPSA) is 21.3 Å². The lowest BCUT2D eigenvalue weighted by atomic mass is 10.1. The Bertz CT molecular complexity index is 467. The van der Waals surface area contributed by atoms with Gasteiger partial charge in [0.25, 0.3) is 0 Å². The molecule has 1 aliphatic rings. The Morgan fingerprint density at radius 2 is 1.89 bits per heavy atom. The molecule has 1 unspecified atom stereocenters. The van der Waals surface area contributed by atoms with Gasteiger partial charge in [-0.05, 0) is 19.1 Å². The summed E-state index contributed by atoms with van der Waals surface area (Å²) in [5.74, 6) is 0.943. The second-order valence-corrected chi connectivity index (χ2v) is 4.20. The fourth-order valence-corrected chi connectivity index (χ4v) is 1.93. The Labute approximate surface area is 107 Å². The van der Waals surface area contributed by atoms with Crippen LogP contribution < -0.4 is 5.32 Å². The summed E-state index contributed by atoms with van der Waals surface area (Å²) in [5.41, 5.74) is 0.704.